The van der Waals surface area contributed by atoms with Crippen LogP contribution < -0.4 is 0 Å². The van der Waals surface area contributed by atoms with Crippen molar-refractivity contribution in [1.29, 1.82) is 0 Å². The van der Waals surface area contributed by atoms with E-state index in [1.165, 1.54) is 46.4 Å². The molecule has 0 amide bonds. The van der Waals surface area contributed by atoms with Crippen LogP contribution in [-0.4, -0.2) is 16.7 Å². The molecule has 5 rings (SSSR count). The van der Waals surface area contributed by atoms with E-state index >= 15 is 0 Å². The number of aryl methyl sites for hydroxylation is 1. The van der Waals surface area contributed by atoms with E-state index in [2.05, 4.69) is 53.5 Å². The Hall–Kier alpha value is -2.58. The third-order valence-corrected chi connectivity index (χ3v) is 5.70. The van der Waals surface area contributed by atoms with Crippen LogP contribution in [0.5, 0.6) is 0 Å². The predicted octanol–water partition coefficient (Wildman–Crippen LogP) is 6.20. The highest BCUT2D eigenvalue weighted by atomic mass is 16.2. The van der Waals surface area contributed by atoms with Gasteiger partial charge in [0, 0.05) is 19.0 Å². The number of hydrogen-bond donors (Lipinski definition) is 2. The van der Waals surface area contributed by atoms with Gasteiger partial charge >= 0.3 is 0 Å². The van der Waals surface area contributed by atoms with Crippen molar-refractivity contribution in [2.75, 3.05) is 6.61 Å². The number of aliphatic hydroxyl groups is 1. The number of aliphatic hydroxyl groups excluding tert-OH is 1. The molecule has 138 valence electrons. The summed E-state index contributed by atoms with van der Waals surface area (Å²) >= 11 is 0. The van der Waals surface area contributed by atoms with Crippen LogP contribution in [0.4, 0.5) is 0 Å². The zero-order valence-electron chi connectivity index (χ0n) is 15.7. The summed E-state index contributed by atoms with van der Waals surface area (Å²) in [7, 11) is 0. The van der Waals surface area contributed by atoms with Gasteiger partial charge in [0.05, 0.1) is 0 Å². The zero-order chi connectivity index (χ0) is 18.5. The van der Waals surface area contributed by atoms with Crippen LogP contribution in [0.2, 0.25) is 0 Å². The fourth-order valence-electron chi connectivity index (χ4n) is 4.43. The second-order valence-corrected chi connectivity index (χ2v) is 7.36. The van der Waals surface area contributed by atoms with Crippen molar-refractivity contribution < 1.29 is 5.11 Å². The van der Waals surface area contributed by atoms with Gasteiger partial charge in [0.25, 0.3) is 0 Å². The molecule has 1 aliphatic carbocycles. The van der Waals surface area contributed by atoms with E-state index in [0.29, 0.717) is 12.5 Å². The van der Waals surface area contributed by atoms with Gasteiger partial charge in [-0.2, -0.15) is 0 Å². The van der Waals surface area contributed by atoms with Crippen molar-refractivity contribution in [3.05, 3.63) is 84.2 Å². The fourth-order valence-corrected chi connectivity index (χ4v) is 4.43. The molecule has 2 heteroatoms. The molecule has 0 bridgehead atoms. The number of hydrogen-bond acceptors (Lipinski definition) is 1. The van der Waals surface area contributed by atoms with E-state index < -0.39 is 0 Å². The first-order valence-corrected chi connectivity index (χ1v) is 10.0. The Bertz CT molecular complexity index is 986. The molecule has 1 unspecified atom stereocenters. The summed E-state index contributed by atoms with van der Waals surface area (Å²) in [5.41, 5.74) is 3.08. The molecule has 0 aliphatic heterocycles. The highest BCUT2D eigenvalue weighted by Crippen LogP contribution is 2.39. The predicted molar refractivity (Wildman–Crippen MR) is 114 cm³/mol. The largest absolute Gasteiger partial charge is 0.396 e. The van der Waals surface area contributed by atoms with Crippen molar-refractivity contribution in [2.24, 2.45) is 0 Å². The monoisotopic (exact) mass is 357 g/mol. The maximum atomic E-state index is 9.14. The minimum absolute atomic E-state index is 0.310. The molecule has 3 aromatic carbocycles. The van der Waals surface area contributed by atoms with Crippen LogP contribution in [-0.2, 0) is 6.42 Å². The van der Waals surface area contributed by atoms with Gasteiger partial charge in [0.15, 0.2) is 0 Å². The molecule has 0 fully saturated rings. The maximum Gasteiger partial charge on any atom is 0.0431 e. The molecule has 0 spiro atoms. The fraction of sp³-hybridized carbons (Fsp3) is 0.280. The number of H-pyrrole nitrogens is 1. The lowest BCUT2D eigenvalue weighted by molar-refractivity contribution is 0.277. The summed E-state index contributed by atoms with van der Waals surface area (Å²) in [5.74, 6) is 0.631. The normalized spacial score (nSPS) is 16.0. The van der Waals surface area contributed by atoms with Crippen LogP contribution in [0.1, 0.15) is 42.7 Å². The van der Waals surface area contributed by atoms with Crippen molar-refractivity contribution in [3.8, 4) is 0 Å². The van der Waals surface area contributed by atoms with Crippen LogP contribution in [0.15, 0.2) is 73.1 Å². The average Bonchev–Trinajstić information content (AvgIpc) is 3.32. The SMILES string of the molecule is OCCCC1CCCc2c1ccc1c2ccc2ccccc21.c1cc[nH]c1. The Balaban J connectivity index is 0.000000314. The van der Waals surface area contributed by atoms with E-state index in [9.17, 15) is 0 Å². The molecule has 0 saturated heterocycles. The topological polar surface area (TPSA) is 36.0 Å². The maximum absolute atomic E-state index is 9.14. The molecule has 0 radical (unpaired) electrons. The molecule has 1 aromatic heterocycles. The summed E-state index contributed by atoms with van der Waals surface area (Å²) in [4.78, 5) is 2.86. The molecule has 2 nitrogen and oxygen atoms in total. The lowest BCUT2D eigenvalue weighted by atomic mass is 9.78. The second-order valence-electron chi connectivity index (χ2n) is 7.36. The lowest BCUT2D eigenvalue weighted by Gasteiger charge is -2.27. The van der Waals surface area contributed by atoms with Crippen molar-refractivity contribution in [3.63, 3.8) is 0 Å². The summed E-state index contributed by atoms with van der Waals surface area (Å²) in [6.07, 6.45) is 9.52. The van der Waals surface area contributed by atoms with Gasteiger partial charge in [-0.1, -0.05) is 48.5 Å². The van der Waals surface area contributed by atoms with Gasteiger partial charge in [0.2, 0.25) is 0 Å². The van der Waals surface area contributed by atoms with E-state index in [1.807, 2.05) is 24.5 Å². The number of aromatic nitrogens is 1. The molecule has 0 saturated carbocycles. The number of aromatic amines is 1. The van der Waals surface area contributed by atoms with Crippen LogP contribution in [0.3, 0.4) is 0 Å². The quantitative estimate of drug-likeness (QED) is 0.421. The van der Waals surface area contributed by atoms with Crippen LogP contribution in [0.25, 0.3) is 21.5 Å². The van der Waals surface area contributed by atoms with Gasteiger partial charge in [-0.25, -0.2) is 0 Å². The first-order chi connectivity index (χ1) is 13.4. The van der Waals surface area contributed by atoms with Crippen LogP contribution in [0, 0.1) is 0 Å². The summed E-state index contributed by atoms with van der Waals surface area (Å²) < 4.78 is 0. The molecule has 2 N–H and O–H groups in total. The van der Waals surface area contributed by atoms with Gasteiger partial charge < -0.3 is 10.1 Å². The highest BCUT2D eigenvalue weighted by Gasteiger charge is 2.21. The van der Waals surface area contributed by atoms with Gasteiger partial charge in [0.1, 0.15) is 0 Å². The van der Waals surface area contributed by atoms with Gasteiger partial charge in [-0.3, -0.25) is 0 Å². The van der Waals surface area contributed by atoms with E-state index in [4.69, 9.17) is 5.11 Å². The molecular formula is C25H27NO. The number of nitrogens with one attached hydrogen (secondary N) is 1. The Labute approximate surface area is 160 Å². The third-order valence-electron chi connectivity index (χ3n) is 5.70. The number of benzene rings is 3. The Morgan fingerprint density at radius 2 is 1.67 bits per heavy atom. The van der Waals surface area contributed by atoms with E-state index in [-0.39, 0.29) is 0 Å². The lowest BCUT2D eigenvalue weighted by Crippen LogP contribution is -2.11. The standard InChI is InChI=1S/C21H22O.C4H5N/c22-14-4-7-15-6-3-9-19-18(15)12-13-20-17-8-2-1-5-16(17)10-11-21(19)20;1-2-4-5-3-1/h1-2,5,8,10-13,15,22H,3-4,6-7,9,14H2;1-5H. The van der Waals surface area contributed by atoms with Gasteiger partial charge in [-0.15, -0.1) is 0 Å². The molecule has 1 heterocycles. The van der Waals surface area contributed by atoms with E-state index in [1.54, 1.807) is 5.56 Å². The number of rotatable bonds is 3. The Kier molecular flexibility index (Phi) is 5.55. The molecule has 1 atom stereocenters. The van der Waals surface area contributed by atoms with Crippen molar-refractivity contribution in [2.45, 2.75) is 38.0 Å². The zero-order valence-corrected chi connectivity index (χ0v) is 15.7. The molecule has 4 aromatic rings. The van der Waals surface area contributed by atoms with Crippen LogP contribution >= 0.6 is 0 Å². The number of fused-ring (bicyclic) bond motifs is 5. The third kappa shape index (κ3) is 3.77. The summed E-state index contributed by atoms with van der Waals surface area (Å²) in [5, 5.41) is 14.6. The highest BCUT2D eigenvalue weighted by molar-refractivity contribution is 6.08. The van der Waals surface area contributed by atoms with E-state index in [0.717, 1.165) is 12.8 Å². The first kappa shape index (κ1) is 17.8. The minimum Gasteiger partial charge on any atom is -0.396 e. The molecule has 1 aliphatic rings. The Morgan fingerprint density at radius 3 is 2.44 bits per heavy atom. The Morgan fingerprint density at radius 1 is 0.852 bits per heavy atom. The second kappa shape index (κ2) is 8.41. The van der Waals surface area contributed by atoms with Crippen molar-refractivity contribution >= 4 is 21.5 Å². The minimum atomic E-state index is 0.310. The molecular weight excluding hydrogens is 330 g/mol. The molecule has 27 heavy (non-hydrogen) atoms. The van der Waals surface area contributed by atoms with Crippen molar-refractivity contribution in [1.82, 2.24) is 4.98 Å². The van der Waals surface area contributed by atoms with Gasteiger partial charge in [-0.05, 0) is 82.8 Å². The summed E-state index contributed by atoms with van der Waals surface area (Å²) in [6, 6.07) is 21.8. The first-order valence-electron chi connectivity index (χ1n) is 10.0. The summed E-state index contributed by atoms with van der Waals surface area (Å²) in [6.45, 7) is 0.310. The average molecular weight is 357 g/mol. The smallest absolute Gasteiger partial charge is 0.0431 e.